The first-order valence-electron chi connectivity index (χ1n) is 4.80. The number of amides is 1. The van der Waals surface area contributed by atoms with E-state index in [4.69, 9.17) is 5.73 Å². The highest BCUT2D eigenvalue weighted by atomic mass is 79.9. The number of hydrogen-bond donors (Lipinski definition) is 2. The lowest BCUT2D eigenvalue weighted by Crippen LogP contribution is -2.36. The summed E-state index contributed by atoms with van der Waals surface area (Å²) in [5.41, 5.74) is 5.72. The molecule has 0 bridgehead atoms. The molecule has 0 fully saturated rings. The summed E-state index contributed by atoms with van der Waals surface area (Å²) < 4.78 is 0.872. The van der Waals surface area contributed by atoms with Gasteiger partial charge >= 0.3 is 0 Å². The van der Waals surface area contributed by atoms with Gasteiger partial charge in [-0.2, -0.15) is 11.8 Å². The number of anilines is 1. The number of carbonyl (C=O) groups is 1. The second-order valence-electron chi connectivity index (χ2n) is 3.24. The molecule has 1 aromatic rings. The molecule has 0 spiro atoms. The maximum absolute atomic E-state index is 11.6. The summed E-state index contributed by atoms with van der Waals surface area (Å²) in [6.45, 7) is 0. The van der Waals surface area contributed by atoms with E-state index in [1.165, 1.54) is 0 Å². The first-order chi connectivity index (χ1) is 7.63. The van der Waals surface area contributed by atoms with Crippen LogP contribution in [0, 0.1) is 0 Å². The lowest BCUT2D eigenvalue weighted by Gasteiger charge is -2.10. The molecular formula is C10H14BrN3OS. The lowest BCUT2D eigenvalue weighted by molar-refractivity contribution is -0.117. The van der Waals surface area contributed by atoms with Gasteiger partial charge in [-0.1, -0.05) is 0 Å². The van der Waals surface area contributed by atoms with E-state index in [0.29, 0.717) is 12.2 Å². The molecule has 0 aliphatic rings. The van der Waals surface area contributed by atoms with Crippen molar-refractivity contribution >= 4 is 39.4 Å². The van der Waals surface area contributed by atoms with Gasteiger partial charge in [0.1, 0.15) is 5.82 Å². The molecule has 3 N–H and O–H groups in total. The van der Waals surface area contributed by atoms with Gasteiger partial charge < -0.3 is 11.1 Å². The van der Waals surface area contributed by atoms with E-state index >= 15 is 0 Å². The van der Waals surface area contributed by atoms with Gasteiger partial charge in [0, 0.05) is 10.7 Å². The molecule has 1 amide bonds. The largest absolute Gasteiger partial charge is 0.320 e. The number of carbonyl (C=O) groups excluding carboxylic acids is 1. The number of hydrogen-bond acceptors (Lipinski definition) is 4. The van der Waals surface area contributed by atoms with Crippen molar-refractivity contribution < 1.29 is 4.79 Å². The van der Waals surface area contributed by atoms with Crippen LogP contribution < -0.4 is 11.1 Å². The van der Waals surface area contributed by atoms with Gasteiger partial charge in [0.2, 0.25) is 5.91 Å². The van der Waals surface area contributed by atoms with Gasteiger partial charge in [-0.05, 0) is 46.5 Å². The Labute approximate surface area is 108 Å². The maximum Gasteiger partial charge on any atom is 0.242 e. The SMILES string of the molecule is CSCC[C@H](N)C(=O)Nc1ccc(Br)cn1. The van der Waals surface area contributed by atoms with Crippen LogP contribution in [0.4, 0.5) is 5.82 Å². The van der Waals surface area contributed by atoms with Crippen molar-refractivity contribution in [1.82, 2.24) is 4.98 Å². The molecule has 88 valence electrons. The summed E-state index contributed by atoms with van der Waals surface area (Å²) in [6, 6.07) is 3.07. The molecule has 0 saturated heterocycles. The molecule has 1 aromatic heterocycles. The fourth-order valence-corrected chi connectivity index (χ4v) is 1.77. The van der Waals surface area contributed by atoms with E-state index in [0.717, 1.165) is 10.2 Å². The lowest BCUT2D eigenvalue weighted by atomic mass is 10.2. The van der Waals surface area contributed by atoms with Crippen molar-refractivity contribution in [2.45, 2.75) is 12.5 Å². The molecule has 0 radical (unpaired) electrons. The minimum absolute atomic E-state index is 0.191. The highest BCUT2D eigenvalue weighted by Gasteiger charge is 2.13. The zero-order valence-corrected chi connectivity index (χ0v) is 11.3. The zero-order chi connectivity index (χ0) is 12.0. The number of halogens is 1. The van der Waals surface area contributed by atoms with Crippen molar-refractivity contribution in [2.75, 3.05) is 17.3 Å². The molecule has 0 unspecified atom stereocenters. The summed E-state index contributed by atoms with van der Waals surface area (Å²) in [4.78, 5) is 15.6. The van der Waals surface area contributed by atoms with Crippen LogP contribution in [0.3, 0.4) is 0 Å². The van der Waals surface area contributed by atoms with Crippen LogP contribution >= 0.6 is 27.7 Å². The normalized spacial score (nSPS) is 12.2. The Kier molecular flexibility index (Phi) is 5.79. The number of nitrogens with zero attached hydrogens (tertiary/aromatic N) is 1. The highest BCUT2D eigenvalue weighted by molar-refractivity contribution is 9.10. The van der Waals surface area contributed by atoms with Crippen molar-refractivity contribution in [3.05, 3.63) is 22.8 Å². The number of nitrogens with one attached hydrogen (secondary N) is 1. The number of pyridine rings is 1. The van der Waals surface area contributed by atoms with Crippen molar-refractivity contribution in [3.8, 4) is 0 Å². The first kappa shape index (κ1) is 13.5. The van der Waals surface area contributed by atoms with Gasteiger partial charge in [-0.3, -0.25) is 4.79 Å². The molecule has 1 atom stereocenters. The number of thioether (sulfide) groups is 1. The minimum atomic E-state index is -0.474. The predicted octanol–water partition coefficient (Wildman–Crippen LogP) is 1.86. The summed E-state index contributed by atoms with van der Waals surface area (Å²) in [5, 5.41) is 2.67. The molecular weight excluding hydrogens is 290 g/mol. The smallest absolute Gasteiger partial charge is 0.242 e. The number of aromatic nitrogens is 1. The second kappa shape index (κ2) is 6.88. The quantitative estimate of drug-likeness (QED) is 0.871. The molecule has 1 heterocycles. The first-order valence-corrected chi connectivity index (χ1v) is 6.99. The number of rotatable bonds is 5. The summed E-state index contributed by atoms with van der Waals surface area (Å²) in [5.74, 6) is 1.21. The topological polar surface area (TPSA) is 68.0 Å². The molecule has 16 heavy (non-hydrogen) atoms. The van der Waals surface area contributed by atoms with E-state index in [9.17, 15) is 4.79 Å². The molecule has 0 aromatic carbocycles. The average molecular weight is 304 g/mol. The third kappa shape index (κ3) is 4.51. The third-order valence-corrected chi connectivity index (χ3v) is 3.06. The van der Waals surface area contributed by atoms with Crippen molar-refractivity contribution in [2.24, 2.45) is 5.73 Å². The zero-order valence-electron chi connectivity index (χ0n) is 8.94. The predicted molar refractivity (Wildman–Crippen MR) is 71.5 cm³/mol. The summed E-state index contributed by atoms with van der Waals surface area (Å²) in [6.07, 6.45) is 4.29. The summed E-state index contributed by atoms with van der Waals surface area (Å²) >= 11 is 4.95. The molecule has 4 nitrogen and oxygen atoms in total. The fourth-order valence-electron chi connectivity index (χ4n) is 1.04. The van der Waals surface area contributed by atoms with Gasteiger partial charge in [0.15, 0.2) is 0 Å². The van der Waals surface area contributed by atoms with Crippen LogP contribution in [-0.2, 0) is 4.79 Å². The molecule has 0 aliphatic heterocycles. The standard InChI is InChI=1S/C10H14BrN3OS/c1-16-5-4-8(12)10(15)14-9-3-2-7(11)6-13-9/h2-3,6,8H,4-5,12H2,1H3,(H,13,14,15)/t8-/m0/s1. The second-order valence-corrected chi connectivity index (χ2v) is 5.14. The Morgan fingerprint density at radius 3 is 3.00 bits per heavy atom. The third-order valence-electron chi connectivity index (χ3n) is 1.95. The van der Waals surface area contributed by atoms with Gasteiger partial charge in [0.25, 0.3) is 0 Å². The Hall–Kier alpha value is -0.590. The van der Waals surface area contributed by atoms with Crippen molar-refractivity contribution in [1.29, 1.82) is 0 Å². The maximum atomic E-state index is 11.6. The highest BCUT2D eigenvalue weighted by Crippen LogP contribution is 2.10. The minimum Gasteiger partial charge on any atom is -0.320 e. The van der Waals surface area contributed by atoms with E-state index in [1.54, 1.807) is 24.0 Å². The average Bonchev–Trinajstić information content (AvgIpc) is 2.29. The molecule has 1 rings (SSSR count). The van der Waals surface area contributed by atoms with Gasteiger partial charge in [-0.15, -0.1) is 0 Å². The van der Waals surface area contributed by atoms with Crippen LogP contribution in [0.15, 0.2) is 22.8 Å². The number of nitrogens with two attached hydrogens (primary N) is 1. The molecule has 0 saturated carbocycles. The Bertz CT molecular complexity index is 344. The monoisotopic (exact) mass is 303 g/mol. The van der Waals surface area contributed by atoms with Crippen LogP contribution in [-0.4, -0.2) is 28.9 Å². The Morgan fingerprint density at radius 2 is 2.44 bits per heavy atom. The van der Waals surface area contributed by atoms with Gasteiger partial charge in [0.05, 0.1) is 6.04 Å². The van der Waals surface area contributed by atoms with Crippen LogP contribution in [0.25, 0.3) is 0 Å². The summed E-state index contributed by atoms with van der Waals surface area (Å²) in [7, 11) is 0. The van der Waals surface area contributed by atoms with E-state index in [2.05, 4.69) is 26.2 Å². The fraction of sp³-hybridized carbons (Fsp3) is 0.400. The van der Waals surface area contributed by atoms with E-state index in [-0.39, 0.29) is 5.91 Å². The Morgan fingerprint density at radius 1 is 1.69 bits per heavy atom. The van der Waals surface area contributed by atoms with Crippen LogP contribution in [0.1, 0.15) is 6.42 Å². The molecule has 6 heteroatoms. The van der Waals surface area contributed by atoms with Gasteiger partial charge in [-0.25, -0.2) is 4.98 Å². The van der Waals surface area contributed by atoms with Crippen molar-refractivity contribution in [3.63, 3.8) is 0 Å². The van der Waals surface area contributed by atoms with Crippen LogP contribution in [0.5, 0.6) is 0 Å². The van der Waals surface area contributed by atoms with E-state index < -0.39 is 6.04 Å². The van der Waals surface area contributed by atoms with E-state index in [1.807, 2.05) is 12.3 Å². The van der Waals surface area contributed by atoms with Crippen LogP contribution in [0.2, 0.25) is 0 Å². The Balaban J connectivity index is 2.47. The molecule has 0 aliphatic carbocycles.